The smallest absolute Gasteiger partial charge is 0.0992 e. The lowest BCUT2D eigenvalue weighted by Gasteiger charge is -2.24. The van der Waals surface area contributed by atoms with Crippen molar-refractivity contribution in [3.63, 3.8) is 0 Å². The highest BCUT2D eigenvalue weighted by Crippen LogP contribution is 2.27. The molecule has 2 rings (SSSR count). The third-order valence-corrected chi connectivity index (χ3v) is 3.22. The van der Waals surface area contributed by atoms with Gasteiger partial charge in [-0.05, 0) is 42.8 Å². The zero-order chi connectivity index (χ0) is 13.7. The topological polar surface area (TPSA) is 39.9 Å². The molecule has 0 aliphatic heterocycles. The summed E-state index contributed by atoms with van der Waals surface area (Å²) in [6.07, 6.45) is 3.56. The molecule has 0 spiro atoms. The summed E-state index contributed by atoms with van der Waals surface area (Å²) in [5.74, 6) is 0. The predicted molar refractivity (Wildman–Crippen MR) is 77.1 cm³/mol. The molecule has 0 saturated heterocycles. The van der Waals surface area contributed by atoms with Crippen molar-refractivity contribution >= 4 is 17.3 Å². The highest BCUT2D eigenvalue weighted by molar-refractivity contribution is 6.33. The molecule has 4 heteroatoms. The van der Waals surface area contributed by atoms with E-state index in [-0.39, 0.29) is 0 Å². The van der Waals surface area contributed by atoms with Gasteiger partial charge in [0, 0.05) is 25.5 Å². The van der Waals surface area contributed by atoms with E-state index in [0.717, 1.165) is 18.8 Å². The monoisotopic (exact) mass is 271 g/mol. The second-order valence-corrected chi connectivity index (χ2v) is 4.55. The van der Waals surface area contributed by atoms with Crippen LogP contribution in [0.1, 0.15) is 18.1 Å². The molecule has 3 nitrogen and oxygen atoms in total. The van der Waals surface area contributed by atoms with Gasteiger partial charge in [-0.25, -0.2) is 0 Å². The second kappa shape index (κ2) is 6.21. The predicted octanol–water partition coefficient (Wildman–Crippen LogP) is 3.63. The molecule has 0 aliphatic rings. The Hall–Kier alpha value is -2.05. The molecule has 1 aromatic heterocycles. The summed E-state index contributed by atoms with van der Waals surface area (Å²) < 4.78 is 0. The first-order valence-corrected chi connectivity index (χ1v) is 6.46. The van der Waals surface area contributed by atoms with Crippen LogP contribution in [-0.2, 0) is 6.54 Å². The minimum atomic E-state index is 0.578. The molecule has 19 heavy (non-hydrogen) atoms. The molecule has 0 unspecified atom stereocenters. The molecule has 0 N–H and O–H groups in total. The maximum absolute atomic E-state index is 8.85. The first-order chi connectivity index (χ1) is 9.24. The second-order valence-electron chi connectivity index (χ2n) is 4.15. The maximum Gasteiger partial charge on any atom is 0.0992 e. The average Bonchev–Trinajstić information content (AvgIpc) is 2.46. The van der Waals surface area contributed by atoms with Crippen LogP contribution in [0.3, 0.4) is 0 Å². The van der Waals surface area contributed by atoms with E-state index in [1.54, 1.807) is 24.5 Å². The molecule has 1 heterocycles. The van der Waals surface area contributed by atoms with Crippen molar-refractivity contribution in [1.82, 2.24) is 4.98 Å². The van der Waals surface area contributed by atoms with E-state index in [9.17, 15) is 0 Å². The van der Waals surface area contributed by atoms with Gasteiger partial charge in [0.05, 0.1) is 22.3 Å². The number of anilines is 1. The SMILES string of the molecule is CCN(Cc1ccncc1)c1ccc(C#N)cc1Cl. The van der Waals surface area contributed by atoms with Crippen molar-refractivity contribution in [2.45, 2.75) is 13.5 Å². The van der Waals surface area contributed by atoms with Gasteiger partial charge in [0.2, 0.25) is 0 Å². The molecule has 0 aliphatic carbocycles. The normalized spacial score (nSPS) is 9.95. The van der Waals surface area contributed by atoms with E-state index in [0.29, 0.717) is 10.6 Å². The highest BCUT2D eigenvalue weighted by Gasteiger charge is 2.10. The summed E-state index contributed by atoms with van der Waals surface area (Å²) in [4.78, 5) is 6.18. The first-order valence-electron chi connectivity index (χ1n) is 6.08. The number of hydrogen-bond acceptors (Lipinski definition) is 3. The maximum atomic E-state index is 8.85. The van der Waals surface area contributed by atoms with E-state index < -0.39 is 0 Å². The minimum absolute atomic E-state index is 0.578. The van der Waals surface area contributed by atoms with E-state index >= 15 is 0 Å². The van der Waals surface area contributed by atoms with Crippen LogP contribution in [-0.4, -0.2) is 11.5 Å². The van der Waals surface area contributed by atoms with Crippen molar-refractivity contribution < 1.29 is 0 Å². The van der Waals surface area contributed by atoms with Gasteiger partial charge in [-0.1, -0.05) is 11.6 Å². The Bertz CT molecular complexity index is 590. The Morgan fingerprint density at radius 1 is 1.26 bits per heavy atom. The Morgan fingerprint density at radius 2 is 2.00 bits per heavy atom. The molecule has 0 amide bonds. The van der Waals surface area contributed by atoms with Gasteiger partial charge in [0.15, 0.2) is 0 Å². The molecule has 0 fully saturated rings. The number of pyridine rings is 1. The largest absolute Gasteiger partial charge is 0.366 e. The molecule has 2 aromatic rings. The Morgan fingerprint density at radius 3 is 2.58 bits per heavy atom. The Balaban J connectivity index is 2.25. The number of benzene rings is 1. The van der Waals surface area contributed by atoms with Crippen molar-refractivity contribution in [3.8, 4) is 6.07 Å². The van der Waals surface area contributed by atoms with Crippen LogP contribution in [0.15, 0.2) is 42.7 Å². The number of rotatable bonds is 4. The lowest BCUT2D eigenvalue weighted by molar-refractivity contribution is 0.830. The zero-order valence-electron chi connectivity index (χ0n) is 10.7. The van der Waals surface area contributed by atoms with Crippen LogP contribution in [0.2, 0.25) is 5.02 Å². The van der Waals surface area contributed by atoms with Gasteiger partial charge in [0.1, 0.15) is 0 Å². The van der Waals surface area contributed by atoms with Crippen LogP contribution in [0.5, 0.6) is 0 Å². The van der Waals surface area contributed by atoms with Crippen molar-refractivity contribution in [2.75, 3.05) is 11.4 Å². The third kappa shape index (κ3) is 3.24. The van der Waals surface area contributed by atoms with E-state index in [1.165, 1.54) is 5.56 Å². The molecule has 1 aromatic carbocycles. The Labute approximate surface area is 118 Å². The van der Waals surface area contributed by atoms with Crippen molar-refractivity contribution in [3.05, 3.63) is 58.9 Å². The lowest BCUT2D eigenvalue weighted by Crippen LogP contribution is -2.22. The zero-order valence-corrected chi connectivity index (χ0v) is 11.4. The highest BCUT2D eigenvalue weighted by atomic mass is 35.5. The van der Waals surface area contributed by atoms with Crippen LogP contribution in [0.4, 0.5) is 5.69 Å². The number of nitriles is 1. The fourth-order valence-electron chi connectivity index (χ4n) is 1.91. The fourth-order valence-corrected chi connectivity index (χ4v) is 2.21. The van der Waals surface area contributed by atoms with Crippen molar-refractivity contribution in [2.24, 2.45) is 0 Å². The molecular formula is C15H14ClN3. The summed E-state index contributed by atoms with van der Waals surface area (Å²) in [5.41, 5.74) is 2.70. The number of halogens is 1. The third-order valence-electron chi connectivity index (χ3n) is 2.92. The van der Waals surface area contributed by atoms with E-state index in [2.05, 4.69) is 22.9 Å². The number of nitrogens with zero attached hydrogens (tertiary/aromatic N) is 3. The van der Waals surface area contributed by atoms with Gasteiger partial charge in [0.25, 0.3) is 0 Å². The summed E-state index contributed by atoms with van der Waals surface area (Å²) in [6.45, 7) is 3.69. The summed E-state index contributed by atoms with van der Waals surface area (Å²) in [5, 5.41) is 9.46. The standard InChI is InChI=1S/C15H14ClN3/c1-2-19(11-12-5-7-18-8-6-12)15-4-3-13(10-17)9-14(15)16/h3-9H,2,11H2,1H3. The summed E-state index contributed by atoms with van der Waals surface area (Å²) in [6, 6.07) is 11.4. The van der Waals surface area contributed by atoms with E-state index in [1.807, 2.05) is 18.2 Å². The number of aromatic nitrogens is 1. The molecule has 0 radical (unpaired) electrons. The molecular weight excluding hydrogens is 258 g/mol. The molecule has 0 bridgehead atoms. The van der Waals surface area contributed by atoms with Gasteiger partial charge < -0.3 is 4.90 Å². The van der Waals surface area contributed by atoms with E-state index in [4.69, 9.17) is 16.9 Å². The van der Waals surface area contributed by atoms with Crippen molar-refractivity contribution in [1.29, 1.82) is 5.26 Å². The Kier molecular flexibility index (Phi) is 4.38. The summed E-state index contributed by atoms with van der Waals surface area (Å²) >= 11 is 6.24. The van der Waals surface area contributed by atoms with Gasteiger partial charge in [-0.2, -0.15) is 5.26 Å². The van der Waals surface area contributed by atoms with Crippen LogP contribution in [0.25, 0.3) is 0 Å². The van der Waals surface area contributed by atoms with Crippen LogP contribution >= 0.6 is 11.6 Å². The van der Waals surface area contributed by atoms with Gasteiger partial charge in [-0.15, -0.1) is 0 Å². The van der Waals surface area contributed by atoms with Crippen LogP contribution in [0, 0.1) is 11.3 Å². The number of hydrogen-bond donors (Lipinski definition) is 0. The summed E-state index contributed by atoms with van der Waals surface area (Å²) in [7, 11) is 0. The quantitative estimate of drug-likeness (QED) is 0.852. The van der Waals surface area contributed by atoms with Crippen LogP contribution < -0.4 is 4.90 Å². The van der Waals surface area contributed by atoms with Gasteiger partial charge >= 0.3 is 0 Å². The minimum Gasteiger partial charge on any atom is -0.366 e. The van der Waals surface area contributed by atoms with Gasteiger partial charge in [-0.3, -0.25) is 4.98 Å². The fraction of sp³-hybridized carbons (Fsp3) is 0.200. The molecule has 0 atom stereocenters. The first kappa shape index (κ1) is 13.4. The average molecular weight is 272 g/mol. The molecule has 0 saturated carbocycles. The lowest BCUT2D eigenvalue weighted by atomic mass is 10.2. The molecule has 96 valence electrons.